The summed E-state index contributed by atoms with van der Waals surface area (Å²) in [6.45, 7) is 1.87. The largest absolute Gasteiger partial charge is 0.504 e. The van der Waals surface area contributed by atoms with E-state index in [0.717, 1.165) is 5.69 Å². The van der Waals surface area contributed by atoms with E-state index in [2.05, 4.69) is 4.98 Å². The Bertz CT molecular complexity index is 971. The van der Waals surface area contributed by atoms with Crippen LogP contribution in [0.2, 0.25) is 0 Å². The molecule has 0 aliphatic carbocycles. The van der Waals surface area contributed by atoms with E-state index in [1.807, 2.05) is 19.1 Å². The van der Waals surface area contributed by atoms with Gasteiger partial charge in [0.2, 0.25) is 5.75 Å². The van der Waals surface area contributed by atoms with Crippen molar-refractivity contribution in [2.45, 2.75) is 6.92 Å². The third-order valence-corrected chi connectivity index (χ3v) is 3.77. The first-order chi connectivity index (χ1) is 12.1. The second-order valence-corrected chi connectivity index (χ2v) is 5.35. The number of fused-ring (bicyclic) bond motifs is 1. The number of hydrogen-bond acceptors (Lipinski definition) is 6. The summed E-state index contributed by atoms with van der Waals surface area (Å²) in [6.07, 6.45) is 4.36. The summed E-state index contributed by atoms with van der Waals surface area (Å²) in [5.41, 5.74) is 1.81. The van der Waals surface area contributed by atoms with Crippen LogP contribution in [0.3, 0.4) is 0 Å². The van der Waals surface area contributed by atoms with Gasteiger partial charge in [-0.2, -0.15) is 0 Å². The normalized spacial score (nSPS) is 11.2. The molecule has 1 aromatic carbocycles. The number of phenols is 1. The minimum atomic E-state index is -0.431. The number of furan rings is 1. The SMILES string of the molecule is COc1c(C(=O)C=Cc2cccc(C)n2)c(O)c(OC)c2occc12. The maximum Gasteiger partial charge on any atom is 0.205 e. The Morgan fingerprint density at radius 2 is 1.96 bits per heavy atom. The van der Waals surface area contributed by atoms with Crippen LogP contribution >= 0.6 is 0 Å². The summed E-state index contributed by atoms with van der Waals surface area (Å²) in [5, 5.41) is 11.0. The zero-order valence-electron chi connectivity index (χ0n) is 14.1. The Morgan fingerprint density at radius 3 is 2.64 bits per heavy atom. The van der Waals surface area contributed by atoms with Gasteiger partial charge in [0.15, 0.2) is 17.1 Å². The number of phenolic OH excluding ortho intramolecular Hbond substituents is 1. The lowest BCUT2D eigenvalue weighted by molar-refractivity contribution is 0.104. The molecule has 0 atom stereocenters. The molecule has 0 fully saturated rings. The summed E-state index contributed by atoms with van der Waals surface area (Å²) >= 11 is 0. The molecule has 0 aliphatic rings. The number of allylic oxidation sites excluding steroid dienone is 1. The predicted molar refractivity (Wildman–Crippen MR) is 93.3 cm³/mol. The van der Waals surface area contributed by atoms with Crippen molar-refractivity contribution in [1.82, 2.24) is 4.98 Å². The molecule has 0 amide bonds. The van der Waals surface area contributed by atoms with Crippen LogP contribution in [0.25, 0.3) is 17.0 Å². The van der Waals surface area contributed by atoms with Crippen molar-refractivity contribution in [2.75, 3.05) is 14.2 Å². The summed E-state index contributed by atoms with van der Waals surface area (Å²) in [6, 6.07) is 7.16. The molecule has 6 heteroatoms. The van der Waals surface area contributed by atoms with Gasteiger partial charge in [0, 0.05) is 5.69 Å². The number of nitrogens with zero attached hydrogens (tertiary/aromatic N) is 1. The zero-order valence-corrected chi connectivity index (χ0v) is 14.1. The Morgan fingerprint density at radius 1 is 1.20 bits per heavy atom. The number of carbonyl (C=O) groups is 1. The van der Waals surface area contributed by atoms with Gasteiger partial charge in [-0.1, -0.05) is 6.07 Å². The Balaban J connectivity index is 2.10. The number of hydrogen-bond donors (Lipinski definition) is 1. The van der Waals surface area contributed by atoms with E-state index in [0.29, 0.717) is 16.7 Å². The minimum absolute atomic E-state index is 0.0113. The molecule has 0 bridgehead atoms. The Labute approximate surface area is 144 Å². The zero-order chi connectivity index (χ0) is 18.0. The lowest BCUT2D eigenvalue weighted by atomic mass is 10.0. The van der Waals surface area contributed by atoms with Crippen LogP contribution in [0.4, 0.5) is 0 Å². The molecule has 25 heavy (non-hydrogen) atoms. The molecule has 2 heterocycles. The van der Waals surface area contributed by atoms with E-state index in [9.17, 15) is 9.90 Å². The molecule has 0 aliphatic heterocycles. The summed E-state index contributed by atoms with van der Waals surface area (Å²) < 4.78 is 15.9. The maximum absolute atomic E-state index is 12.7. The smallest absolute Gasteiger partial charge is 0.205 e. The van der Waals surface area contributed by atoms with Gasteiger partial charge in [-0.3, -0.25) is 9.78 Å². The van der Waals surface area contributed by atoms with E-state index < -0.39 is 5.78 Å². The van der Waals surface area contributed by atoms with Crippen LogP contribution in [-0.2, 0) is 0 Å². The molecule has 0 unspecified atom stereocenters. The van der Waals surface area contributed by atoms with Gasteiger partial charge in [-0.15, -0.1) is 0 Å². The van der Waals surface area contributed by atoms with Crippen molar-refractivity contribution in [3.8, 4) is 17.2 Å². The highest BCUT2D eigenvalue weighted by atomic mass is 16.5. The molecule has 6 nitrogen and oxygen atoms in total. The molecular formula is C19H17NO5. The quantitative estimate of drug-likeness (QED) is 0.563. The summed E-state index contributed by atoms with van der Waals surface area (Å²) in [4.78, 5) is 17.0. The van der Waals surface area contributed by atoms with Crippen molar-refractivity contribution in [3.05, 3.63) is 53.6 Å². The number of aromatic nitrogens is 1. The second-order valence-electron chi connectivity index (χ2n) is 5.35. The molecule has 128 valence electrons. The topological polar surface area (TPSA) is 81.8 Å². The lowest BCUT2D eigenvalue weighted by Gasteiger charge is -2.12. The summed E-state index contributed by atoms with van der Waals surface area (Å²) in [5.74, 6) is -0.437. The van der Waals surface area contributed by atoms with E-state index in [-0.39, 0.29) is 22.8 Å². The molecule has 3 rings (SSSR count). The van der Waals surface area contributed by atoms with Crippen molar-refractivity contribution < 1.29 is 23.8 Å². The monoisotopic (exact) mass is 339 g/mol. The van der Waals surface area contributed by atoms with Crippen LogP contribution in [0, 0.1) is 6.92 Å². The van der Waals surface area contributed by atoms with E-state index in [4.69, 9.17) is 13.9 Å². The standard InChI is InChI=1S/C19H17NO5/c1-11-5-4-6-12(20-11)7-8-14(21)15-16(22)19(24-3)18-13(9-10-25-18)17(15)23-2/h4-10,22H,1-3H3. The number of carbonyl (C=O) groups excluding carboxylic acids is 1. The van der Waals surface area contributed by atoms with Gasteiger partial charge in [-0.25, -0.2) is 0 Å². The summed E-state index contributed by atoms with van der Waals surface area (Å²) in [7, 11) is 2.82. The average molecular weight is 339 g/mol. The number of aromatic hydroxyl groups is 1. The highest BCUT2D eigenvalue weighted by Gasteiger charge is 2.26. The van der Waals surface area contributed by atoms with Gasteiger partial charge >= 0.3 is 0 Å². The number of aryl methyl sites for hydroxylation is 1. The molecule has 0 saturated carbocycles. The van der Waals surface area contributed by atoms with Crippen LogP contribution in [-0.4, -0.2) is 30.1 Å². The fourth-order valence-electron chi connectivity index (χ4n) is 2.66. The Kier molecular flexibility index (Phi) is 4.43. The van der Waals surface area contributed by atoms with E-state index >= 15 is 0 Å². The number of ketones is 1. The van der Waals surface area contributed by atoms with Gasteiger partial charge in [0.25, 0.3) is 0 Å². The highest BCUT2D eigenvalue weighted by Crippen LogP contribution is 2.45. The molecular weight excluding hydrogens is 322 g/mol. The van der Waals surface area contributed by atoms with Crippen molar-refractivity contribution in [2.24, 2.45) is 0 Å². The molecule has 1 N–H and O–H groups in total. The van der Waals surface area contributed by atoms with Gasteiger partial charge < -0.3 is 19.0 Å². The number of benzene rings is 1. The van der Waals surface area contributed by atoms with Gasteiger partial charge in [-0.05, 0) is 37.3 Å². The van der Waals surface area contributed by atoms with Gasteiger partial charge in [0.1, 0.15) is 11.3 Å². The fourth-order valence-corrected chi connectivity index (χ4v) is 2.66. The Hall–Kier alpha value is -3.28. The van der Waals surface area contributed by atoms with Crippen molar-refractivity contribution >= 4 is 22.8 Å². The molecule has 0 spiro atoms. The lowest BCUT2D eigenvalue weighted by Crippen LogP contribution is -2.02. The fraction of sp³-hybridized carbons (Fsp3) is 0.158. The van der Waals surface area contributed by atoms with Crippen LogP contribution in [0.5, 0.6) is 17.2 Å². The van der Waals surface area contributed by atoms with Crippen molar-refractivity contribution in [3.63, 3.8) is 0 Å². The highest BCUT2D eigenvalue weighted by molar-refractivity contribution is 6.15. The first-order valence-electron chi connectivity index (χ1n) is 7.57. The van der Waals surface area contributed by atoms with Crippen LogP contribution in [0.15, 0.2) is 41.0 Å². The van der Waals surface area contributed by atoms with E-state index in [1.54, 1.807) is 18.2 Å². The number of methoxy groups -OCH3 is 2. The van der Waals surface area contributed by atoms with Crippen LogP contribution in [0.1, 0.15) is 21.7 Å². The van der Waals surface area contributed by atoms with E-state index in [1.165, 1.54) is 26.6 Å². The first kappa shape index (κ1) is 16.6. The first-order valence-corrected chi connectivity index (χ1v) is 7.57. The maximum atomic E-state index is 12.7. The molecule has 3 aromatic rings. The minimum Gasteiger partial charge on any atom is -0.504 e. The third kappa shape index (κ3) is 2.94. The number of pyridine rings is 1. The molecule has 0 radical (unpaired) electrons. The van der Waals surface area contributed by atoms with Crippen LogP contribution < -0.4 is 9.47 Å². The van der Waals surface area contributed by atoms with Gasteiger partial charge in [0.05, 0.1) is 31.6 Å². The molecule has 2 aromatic heterocycles. The van der Waals surface area contributed by atoms with Crippen molar-refractivity contribution in [1.29, 1.82) is 0 Å². The average Bonchev–Trinajstić information content (AvgIpc) is 3.08. The third-order valence-electron chi connectivity index (χ3n) is 3.77. The number of rotatable bonds is 5. The number of ether oxygens (including phenoxy) is 2. The molecule has 0 saturated heterocycles. The second kappa shape index (κ2) is 6.68. The predicted octanol–water partition coefficient (Wildman–Crippen LogP) is 3.76.